The van der Waals surface area contributed by atoms with Gasteiger partial charge < -0.3 is 10.6 Å². The third-order valence-electron chi connectivity index (χ3n) is 1.96. The summed E-state index contributed by atoms with van der Waals surface area (Å²) in [4.78, 5) is 13.0. The molecule has 0 aliphatic rings. The molecule has 0 fully saturated rings. The number of amides is 1. The fourth-order valence-corrected chi connectivity index (χ4v) is 1.16. The smallest absolute Gasteiger partial charge is 0.245 e. The van der Waals surface area contributed by atoms with Gasteiger partial charge in [0, 0.05) is 19.1 Å². The number of hydrogen-bond acceptors (Lipinski definition) is 2. The zero-order chi connectivity index (χ0) is 10.3. The van der Waals surface area contributed by atoms with E-state index in [1.54, 1.807) is 4.90 Å². The van der Waals surface area contributed by atoms with E-state index in [0.717, 1.165) is 25.9 Å². The Bertz CT molecular complexity index is 166. The van der Waals surface area contributed by atoms with Gasteiger partial charge >= 0.3 is 0 Å². The number of rotatable bonds is 6. The molecule has 1 amide bonds. The molecule has 76 valence electrons. The maximum atomic E-state index is 11.2. The first-order valence-electron chi connectivity index (χ1n) is 4.78. The Labute approximate surface area is 80.6 Å². The molecule has 0 bridgehead atoms. The number of hydrogen-bond donors (Lipinski definition) is 1. The lowest BCUT2D eigenvalue weighted by Crippen LogP contribution is -2.31. The van der Waals surface area contributed by atoms with Crippen LogP contribution in [0.1, 0.15) is 26.7 Å². The van der Waals surface area contributed by atoms with Crippen molar-refractivity contribution in [1.82, 2.24) is 4.90 Å². The Hall–Kier alpha value is -0.830. The molecule has 0 saturated heterocycles. The number of nitrogens with zero attached hydrogens (tertiary/aromatic N) is 1. The minimum Gasteiger partial charge on any atom is -0.339 e. The molecule has 0 aromatic heterocycles. The van der Waals surface area contributed by atoms with Gasteiger partial charge in [-0.3, -0.25) is 4.79 Å². The highest BCUT2D eigenvalue weighted by Crippen LogP contribution is 1.98. The van der Waals surface area contributed by atoms with Crippen molar-refractivity contribution >= 4 is 5.91 Å². The standard InChI is InChI=1S/C10H20N2O/c1-4-10(13)12(5-2)8-6-7-9(3)11/h4,9H,1,5-8,11H2,2-3H3. The lowest BCUT2D eigenvalue weighted by Gasteiger charge is -2.19. The summed E-state index contributed by atoms with van der Waals surface area (Å²) >= 11 is 0. The first-order chi connectivity index (χ1) is 6.11. The van der Waals surface area contributed by atoms with Crippen LogP contribution in [0, 0.1) is 0 Å². The molecule has 0 saturated carbocycles. The second-order valence-electron chi connectivity index (χ2n) is 3.24. The SMILES string of the molecule is C=CC(=O)N(CC)CCCC(C)N. The molecule has 1 unspecified atom stereocenters. The van der Waals surface area contributed by atoms with Gasteiger partial charge in [-0.2, -0.15) is 0 Å². The molecule has 0 aliphatic heterocycles. The summed E-state index contributed by atoms with van der Waals surface area (Å²) in [6.45, 7) is 8.92. The van der Waals surface area contributed by atoms with E-state index in [4.69, 9.17) is 5.73 Å². The zero-order valence-electron chi connectivity index (χ0n) is 8.62. The highest BCUT2D eigenvalue weighted by Gasteiger charge is 2.06. The van der Waals surface area contributed by atoms with Crippen LogP contribution in [0.25, 0.3) is 0 Å². The van der Waals surface area contributed by atoms with Gasteiger partial charge in [0.25, 0.3) is 0 Å². The summed E-state index contributed by atoms with van der Waals surface area (Å²) in [6.07, 6.45) is 3.28. The average Bonchev–Trinajstić information content (AvgIpc) is 2.11. The lowest BCUT2D eigenvalue weighted by atomic mass is 10.2. The summed E-state index contributed by atoms with van der Waals surface area (Å²) in [7, 11) is 0. The Kier molecular flexibility index (Phi) is 6.24. The second-order valence-corrected chi connectivity index (χ2v) is 3.24. The van der Waals surface area contributed by atoms with Crippen LogP contribution in [-0.4, -0.2) is 29.9 Å². The average molecular weight is 184 g/mol. The maximum Gasteiger partial charge on any atom is 0.245 e. The van der Waals surface area contributed by atoms with Gasteiger partial charge in [0.15, 0.2) is 0 Å². The van der Waals surface area contributed by atoms with Crippen LogP contribution in [0.5, 0.6) is 0 Å². The van der Waals surface area contributed by atoms with Crippen molar-refractivity contribution in [2.45, 2.75) is 32.7 Å². The van der Waals surface area contributed by atoms with Crippen molar-refractivity contribution in [1.29, 1.82) is 0 Å². The van der Waals surface area contributed by atoms with E-state index in [1.807, 2.05) is 13.8 Å². The molecular formula is C10H20N2O. The zero-order valence-corrected chi connectivity index (χ0v) is 8.62. The van der Waals surface area contributed by atoms with Crippen molar-refractivity contribution in [2.24, 2.45) is 5.73 Å². The van der Waals surface area contributed by atoms with Crippen LogP contribution in [0.3, 0.4) is 0 Å². The van der Waals surface area contributed by atoms with Crippen LogP contribution in [0.4, 0.5) is 0 Å². The molecule has 0 radical (unpaired) electrons. The second kappa shape index (κ2) is 6.66. The highest BCUT2D eigenvalue weighted by atomic mass is 16.2. The van der Waals surface area contributed by atoms with E-state index in [1.165, 1.54) is 6.08 Å². The molecule has 3 heteroatoms. The third-order valence-corrected chi connectivity index (χ3v) is 1.96. The molecule has 1 atom stereocenters. The van der Waals surface area contributed by atoms with E-state index in [9.17, 15) is 4.79 Å². The first-order valence-corrected chi connectivity index (χ1v) is 4.78. The molecular weight excluding hydrogens is 164 g/mol. The minimum absolute atomic E-state index is 0.00664. The van der Waals surface area contributed by atoms with Crippen molar-refractivity contribution in [2.75, 3.05) is 13.1 Å². The fraction of sp³-hybridized carbons (Fsp3) is 0.700. The van der Waals surface area contributed by atoms with Gasteiger partial charge in [0.2, 0.25) is 5.91 Å². The number of carbonyl (C=O) groups is 1. The molecule has 0 spiro atoms. The molecule has 0 rings (SSSR count). The van der Waals surface area contributed by atoms with Gasteiger partial charge in [0.1, 0.15) is 0 Å². The Balaban J connectivity index is 3.72. The third kappa shape index (κ3) is 5.42. The van der Waals surface area contributed by atoms with E-state index >= 15 is 0 Å². The molecule has 0 aromatic rings. The fourth-order valence-electron chi connectivity index (χ4n) is 1.16. The number of carbonyl (C=O) groups excluding carboxylic acids is 1. The molecule has 13 heavy (non-hydrogen) atoms. The minimum atomic E-state index is 0.00664. The van der Waals surface area contributed by atoms with Gasteiger partial charge in [-0.05, 0) is 32.8 Å². The van der Waals surface area contributed by atoms with E-state index in [-0.39, 0.29) is 11.9 Å². The van der Waals surface area contributed by atoms with Gasteiger partial charge in [-0.25, -0.2) is 0 Å². The van der Waals surface area contributed by atoms with Crippen LogP contribution in [-0.2, 0) is 4.79 Å². The van der Waals surface area contributed by atoms with Crippen LogP contribution < -0.4 is 5.73 Å². The maximum absolute atomic E-state index is 11.2. The summed E-state index contributed by atoms with van der Waals surface area (Å²) in [5.41, 5.74) is 5.61. The van der Waals surface area contributed by atoms with E-state index < -0.39 is 0 Å². The molecule has 0 aromatic carbocycles. The molecule has 3 nitrogen and oxygen atoms in total. The normalized spacial score (nSPS) is 12.2. The quantitative estimate of drug-likeness (QED) is 0.629. The Morgan fingerprint density at radius 3 is 2.69 bits per heavy atom. The monoisotopic (exact) mass is 184 g/mol. The first kappa shape index (κ1) is 12.2. The van der Waals surface area contributed by atoms with Crippen LogP contribution in [0.2, 0.25) is 0 Å². The molecule has 0 aliphatic carbocycles. The van der Waals surface area contributed by atoms with Crippen molar-refractivity contribution in [3.05, 3.63) is 12.7 Å². The lowest BCUT2D eigenvalue weighted by molar-refractivity contribution is -0.125. The Morgan fingerprint density at radius 2 is 2.31 bits per heavy atom. The summed E-state index contributed by atoms with van der Waals surface area (Å²) in [5, 5.41) is 0. The Morgan fingerprint density at radius 1 is 1.69 bits per heavy atom. The van der Waals surface area contributed by atoms with Gasteiger partial charge in [-0.1, -0.05) is 6.58 Å². The van der Waals surface area contributed by atoms with E-state index in [0.29, 0.717) is 0 Å². The van der Waals surface area contributed by atoms with Crippen molar-refractivity contribution < 1.29 is 4.79 Å². The van der Waals surface area contributed by atoms with Crippen LogP contribution in [0.15, 0.2) is 12.7 Å². The molecule has 2 N–H and O–H groups in total. The van der Waals surface area contributed by atoms with Crippen molar-refractivity contribution in [3.63, 3.8) is 0 Å². The van der Waals surface area contributed by atoms with Gasteiger partial charge in [-0.15, -0.1) is 0 Å². The van der Waals surface area contributed by atoms with E-state index in [2.05, 4.69) is 6.58 Å². The predicted octanol–water partition coefficient (Wildman–Crippen LogP) is 1.15. The largest absolute Gasteiger partial charge is 0.339 e. The predicted molar refractivity (Wildman–Crippen MR) is 55.3 cm³/mol. The van der Waals surface area contributed by atoms with Crippen molar-refractivity contribution in [3.8, 4) is 0 Å². The van der Waals surface area contributed by atoms with Crippen LogP contribution >= 0.6 is 0 Å². The summed E-state index contributed by atoms with van der Waals surface area (Å²) in [5.74, 6) is 0.00664. The summed E-state index contributed by atoms with van der Waals surface area (Å²) in [6, 6.07) is 0.220. The highest BCUT2D eigenvalue weighted by molar-refractivity contribution is 5.86. The molecule has 0 heterocycles. The topological polar surface area (TPSA) is 46.3 Å². The number of nitrogens with two attached hydrogens (primary N) is 1. The number of likely N-dealkylation sites (N-methyl/N-ethyl adjacent to an activating group) is 1. The van der Waals surface area contributed by atoms with Gasteiger partial charge in [0.05, 0.1) is 0 Å². The summed E-state index contributed by atoms with van der Waals surface area (Å²) < 4.78 is 0.